The number of aliphatic hydroxyl groups is 1. The number of hydrogen-bond donors (Lipinski definition) is 2. The lowest BCUT2D eigenvalue weighted by molar-refractivity contribution is -0.129. The molecule has 3 atom stereocenters. The number of ether oxygens (including phenoxy) is 2. The van der Waals surface area contributed by atoms with Gasteiger partial charge in [-0.3, -0.25) is 0 Å². The number of anilines is 1. The van der Waals surface area contributed by atoms with E-state index in [2.05, 4.69) is 20.0 Å². The number of fused-ring (bicyclic) bond motifs is 1. The molecule has 1 fully saturated rings. The minimum absolute atomic E-state index is 0.00620. The molecule has 11 heteroatoms. The monoisotopic (exact) mass is 339 g/mol. The number of halogens is 1. The Morgan fingerprint density at radius 2 is 2.48 bits per heavy atom. The first-order chi connectivity index (χ1) is 11.0. The number of nitrogens with zero attached hydrogens (tertiary/aromatic N) is 6. The number of nitrogens with two attached hydrogens (primary N) is 1. The summed E-state index contributed by atoms with van der Waals surface area (Å²) < 4.78 is 12.5. The number of azide groups is 1. The van der Waals surface area contributed by atoms with Crippen molar-refractivity contribution in [2.24, 2.45) is 5.11 Å². The summed E-state index contributed by atoms with van der Waals surface area (Å²) >= 11 is 5.85. The van der Waals surface area contributed by atoms with E-state index in [9.17, 15) is 5.11 Å². The zero-order valence-corrected chi connectivity index (χ0v) is 12.9. The lowest BCUT2D eigenvalue weighted by Crippen LogP contribution is -2.41. The van der Waals surface area contributed by atoms with Gasteiger partial charge in [0.2, 0.25) is 5.28 Å². The summed E-state index contributed by atoms with van der Waals surface area (Å²) in [6.45, 7) is -0.0776. The van der Waals surface area contributed by atoms with Crippen molar-refractivity contribution in [1.29, 1.82) is 0 Å². The van der Waals surface area contributed by atoms with Crippen molar-refractivity contribution in [2.45, 2.75) is 24.5 Å². The average molecular weight is 340 g/mol. The van der Waals surface area contributed by atoms with Crippen LogP contribution in [0.25, 0.3) is 21.5 Å². The van der Waals surface area contributed by atoms with Gasteiger partial charge in [-0.25, -0.2) is 4.98 Å². The van der Waals surface area contributed by atoms with Crippen molar-refractivity contribution >= 4 is 28.5 Å². The van der Waals surface area contributed by atoms with Gasteiger partial charge in [0.05, 0.1) is 18.1 Å². The molecule has 3 rings (SSSR count). The van der Waals surface area contributed by atoms with Gasteiger partial charge >= 0.3 is 0 Å². The Bertz CT molecular complexity index is 790. The molecule has 0 amide bonds. The summed E-state index contributed by atoms with van der Waals surface area (Å²) in [5.41, 5.74) is 13.5. The van der Waals surface area contributed by atoms with Crippen LogP contribution < -0.4 is 5.73 Å². The molecule has 1 aliphatic heterocycles. The minimum Gasteiger partial charge on any atom is -0.390 e. The van der Waals surface area contributed by atoms with Crippen LogP contribution in [-0.2, 0) is 9.47 Å². The van der Waals surface area contributed by atoms with Gasteiger partial charge in [0.25, 0.3) is 0 Å². The maximum atomic E-state index is 10.3. The second-order valence-electron chi connectivity index (χ2n) is 5.13. The maximum Gasteiger partial charge on any atom is 0.226 e. The SMILES string of the molecule is COC[C@@]1(N=[N+]=[N-])O[C@@H](n2ccc3c(N)nc(Cl)nc32)C[C@@H]1O. The van der Waals surface area contributed by atoms with Crippen molar-refractivity contribution in [1.82, 2.24) is 14.5 Å². The van der Waals surface area contributed by atoms with Crippen LogP contribution in [0.1, 0.15) is 12.6 Å². The van der Waals surface area contributed by atoms with Crippen molar-refractivity contribution < 1.29 is 14.6 Å². The first-order valence-electron chi connectivity index (χ1n) is 6.71. The molecule has 0 aliphatic carbocycles. The lowest BCUT2D eigenvalue weighted by Gasteiger charge is -2.25. The van der Waals surface area contributed by atoms with Crippen LogP contribution in [-0.4, -0.2) is 45.2 Å². The smallest absolute Gasteiger partial charge is 0.226 e. The van der Waals surface area contributed by atoms with Crippen LogP contribution in [0.15, 0.2) is 17.4 Å². The summed E-state index contributed by atoms with van der Waals surface area (Å²) in [7, 11) is 1.43. The highest BCUT2D eigenvalue weighted by Crippen LogP contribution is 2.40. The van der Waals surface area contributed by atoms with Crippen LogP contribution in [0.3, 0.4) is 0 Å². The number of nitrogen functional groups attached to an aromatic ring is 1. The first kappa shape index (κ1) is 15.8. The van der Waals surface area contributed by atoms with E-state index >= 15 is 0 Å². The molecule has 1 saturated heterocycles. The molecule has 0 bridgehead atoms. The molecule has 3 N–H and O–H groups in total. The standard InChI is InChI=1S/C12H14ClN7O3/c1-22-5-12(18-19-15)7(21)4-8(23-12)20-3-2-6-9(14)16-11(13)17-10(6)20/h2-3,7-8,21H,4-5H2,1H3,(H2,14,16,17)/t7-,8+,12+/m0/s1. The van der Waals surface area contributed by atoms with Gasteiger partial charge in [0.15, 0.2) is 5.72 Å². The number of aliphatic hydroxyl groups excluding tert-OH is 1. The minimum atomic E-state index is -1.49. The highest BCUT2D eigenvalue weighted by atomic mass is 35.5. The third-order valence-electron chi connectivity index (χ3n) is 3.74. The Hall–Kier alpha value is -2.10. The highest BCUT2D eigenvalue weighted by Gasteiger charge is 2.49. The Balaban J connectivity index is 2.02. The molecule has 0 spiro atoms. The van der Waals surface area contributed by atoms with E-state index in [4.69, 9.17) is 32.3 Å². The first-order valence-corrected chi connectivity index (χ1v) is 7.09. The largest absolute Gasteiger partial charge is 0.390 e. The molecular formula is C12H14ClN7O3. The molecule has 0 radical (unpaired) electrons. The second kappa shape index (κ2) is 5.84. The molecular weight excluding hydrogens is 326 g/mol. The molecule has 122 valence electrons. The van der Waals surface area contributed by atoms with E-state index in [-0.39, 0.29) is 24.1 Å². The fraction of sp³-hybridized carbons (Fsp3) is 0.500. The fourth-order valence-corrected chi connectivity index (χ4v) is 2.87. The van der Waals surface area contributed by atoms with Crippen molar-refractivity contribution in [2.75, 3.05) is 19.5 Å². The van der Waals surface area contributed by atoms with E-state index in [0.717, 1.165) is 0 Å². The van der Waals surface area contributed by atoms with Crippen LogP contribution in [0.5, 0.6) is 0 Å². The summed E-state index contributed by atoms with van der Waals surface area (Å²) in [5, 5.41) is 14.5. The number of aromatic nitrogens is 3. The molecule has 2 aromatic heterocycles. The summed E-state index contributed by atoms with van der Waals surface area (Å²) in [6.07, 6.45) is 0.236. The predicted octanol–water partition coefficient (Wildman–Crippen LogP) is 1.60. The maximum absolute atomic E-state index is 10.3. The quantitative estimate of drug-likeness (QED) is 0.374. The zero-order chi connectivity index (χ0) is 16.6. The zero-order valence-electron chi connectivity index (χ0n) is 12.1. The van der Waals surface area contributed by atoms with Crippen LogP contribution in [0.2, 0.25) is 5.28 Å². The van der Waals surface area contributed by atoms with Gasteiger partial charge in [-0.1, -0.05) is 5.11 Å². The van der Waals surface area contributed by atoms with Crippen molar-refractivity contribution in [3.8, 4) is 0 Å². The van der Waals surface area contributed by atoms with Gasteiger partial charge in [0.1, 0.15) is 17.7 Å². The predicted molar refractivity (Wildman–Crippen MR) is 81.4 cm³/mol. The Labute approximate surface area is 135 Å². The lowest BCUT2D eigenvalue weighted by atomic mass is 10.1. The molecule has 3 heterocycles. The van der Waals surface area contributed by atoms with Gasteiger partial charge in [-0.15, -0.1) is 0 Å². The van der Waals surface area contributed by atoms with Crippen LogP contribution in [0, 0.1) is 0 Å². The molecule has 0 aromatic carbocycles. The molecule has 2 aromatic rings. The van der Waals surface area contributed by atoms with Crippen LogP contribution in [0.4, 0.5) is 5.82 Å². The average Bonchev–Trinajstić information content (AvgIpc) is 3.02. The summed E-state index contributed by atoms with van der Waals surface area (Å²) in [5.74, 6) is 0.246. The van der Waals surface area contributed by atoms with Gasteiger partial charge < -0.3 is 24.9 Å². The van der Waals surface area contributed by atoms with E-state index in [1.54, 1.807) is 16.8 Å². The molecule has 10 nitrogen and oxygen atoms in total. The molecule has 0 saturated carbocycles. The van der Waals surface area contributed by atoms with Gasteiger partial charge in [-0.05, 0) is 23.2 Å². The normalized spacial score (nSPS) is 27.3. The van der Waals surface area contributed by atoms with E-state index in [1.165, 1.54) is 7.11 Å². The third-order valence-corrected chi connectivity index (χ3v) is 3.90. The highest BCUT2D eigenvalue weighted by molar-refractivity contribution is 6.28. The number of hydrogen-bond acceptors (Lipinski definition) is 7. The van der Waals surface area contributed by atoms with E-state index < -0.39 is 18.1 Å². The second-order valence-corrected chi connectivity index (χ2v) is 5.47. The topological polar surface area (TPSA) is 144 Å². The van der Waals surface area contributed by atoms with Crippen molar-refractivity contribution in [3.05, 3.63) is 28.0 Å². The Kier molecular flexibility index (Phi) is 4.00. The number of methoxy groups -OCH3 is 1. The fourth-order valence-electron chi connectivity index (χ4n) is 2.70. The van der Waals surface area contributed by atoms with Gasteiger partial charge in [0, 0.05) is 24.6 Å². The Morgan fingerprint density at radius 1 is 1.70 bits per heavy atom. The van der Waals surface area contributed by atoms with Gasteiger partial charge in [-0.2, -0.15) is 4.98 Å². The van der Waals surface area contributed by atoms with E-state index in [1.807, 2.05) is 0 Å². The molecule has 23 heavy (non-hydrogen) atoms. The molecule has 0 unspecified atom stereocenters. The molecule has 1 aliphatic rings. The third kappa shape index (κ3) is 2.56. The number of rotatable bonds is 4. The Morgan fingerprint density at radius 3 is 3.17 bits per heavy atom. The van der Waals surface area contributed by atoms with E-state index in [0.29, 0.717) is 11.0 Å². The van der Waals surface area contributed by atoms with Crippen molar-refractivity contribution in [3.63, 3.8) is 0 Å². The summed E-state index contributed by atoms with van der Waals surface area (Å²) in [6, 6.07) is 1.72. The van der Waals surface area contributed by atoms with Crippen LogP contribution >= 0.6 is 11.6 Å². The summed E-state index contributed by atoms with van der Waals surface area (Å²) in [4.78, 5) is 10.8.